The van der Waals surface area contributed by atoms with E-state index in [4.69, 9.17) is 0 Å². The number of hydrogen-bond acceptors (Lipinski definition) is 0. The van der Waals surface area contributed by atoms with Gasteiger partial charge in [-0.15, -0.1) is 0 Å². The fraction of sp³-hybridized carbons (Fsp3) is 0.600. The summed E-state index contributed by atoms with van der Waals surface area (Å²) in [6, 6.07) is 0. The first kappa shape index (κ1) is 1230. The summed E-state index contributed by atoms with van der Waals surface area (Å²) in [6.45, 7) is 0. The minimum absolute atomic E-state index is 0. The van der Waals surface area contributed by atoms with Gasteiger partial charge in [0, 0.05) is 78.6 Å². The molecule has 0 heterocycles. The van der Waals surface area contributed by atoms with Gasteiger partial charge in [0.15, 0.2) is 0 Å². The second kappa shape index (κ2) is 1040. The summed E-state index contributed by atoms with van der Waals surface area (Å²) < 4.78 is 0. The fourth-order valence-electron chi connectivity index (χ4n) is 0. The third kappa shape index (κ3) is 926. The molecule has 0 aromatic carbocycles. The van der Waals surface area contributed by atoms with Crippen molar-refractivity contribution >= 4 is 0 Å². The van der Waals surface area contributed by atoms with Crippen molar-refractivity contribution in [3.63, 3.8) is 0 Å². The van der Waals surface area contributed by atoms with E-state index in [1.165, 1.54) is 0 Å². The molecule has 0 atom stereocenters. The summed E-state index contributed by atoms with van der Waals surface area (Å²) in [5.41, 5.74) is 0. The van der Waals surface area contributed by atoms with Crippen molar-refractivity contribution < 1.29 is 128 Å². The average Bonchev–Trinajstić information content (AvgIpc) is 0. The van der Waals surface area contributed by atoms with Gasteiger partial charge in [0.2, 0.25) is 0 Å². The van der Waals surface area contributed by atoms with Crippen molar-refractivity contribution in [2.75, 3.05) is 0 Å². The molecule has 0 aliphatic heterocycles. The molecule has 0 spiro atoms. The van der Waals surface area contributed by atoms with E-state index in [0.29, 0.717) is 0 Å². The van der Waals surface area contributed by atoms with Crippen LogP contribution in [0.25, 0.3) is 0 Å². The van der Waals surface area contributed by atoms with Gasteiger partial charge in [-0.05, 0) is 0 Å². The van der Waals surface area contributed by atoms with Gasteiger partial charge in [0.1, 0.15) is 0 Å². The molecule has 12 heteroatoms. The summed E-state index contributed by atoms with van der Waals surface area (Å²) >= 11 is 0. The minimum Gasteiger partial charge on any atom is -0.412 e. The van der Waals surface area contributed by atoms with Gasteiger partial charge in [0.05, 0.1) is 0 Å². The third-order valence-corrected chi connectivity index (χ3v) is 0. The van der Waals surface area contributed by atoms with Crippen LogP contribution in [0.3, 0.4) is 0 Å². The second-order valence-electron chi connectivity index (χ2n) is 0. The molecule has 0 saturated heterocycles. The monoisotopic (exact) mass is 510 g/mol. The topological polar surface area (TPSA) is 284 Å². The smallest absolute Gasteiger partial charge is 0 e. The van der Waals surface area contributed by atoms with Crippen LogP contribution in [0.4, 0.5) is 0 Å². The summed E-state index contributed by atoms with van der Waals surface area (Å²) in [6.07, 6.45) is 0. The van der Waals surface area contributed by atoms with Gasteiger partial charge in [-0.1, -0.05) is 22.3 Å². The van der Waals surface area contributed by atoms with Gasteiger partial charge >= 0.3 is 0 Å². The van der Waals surface area contributed by atoms with E-state index in [2.05, 4.69) is 0 Å². The Morgan fingerprint density at radius 3 is 0.235 bits per heavy atom. The largest absolute Gasteiger partial charge is 0.412 e. The Bertz CT molecular complexity index is 24.6. The van der Waals surface area contributed by atoms with Crippen molar-refractivity contribution in [1.82, 2.24) is 0 Å². The summed E-state index contributed by atoms with van der Waals surface area (Å²) in [7, 11) is 0. The predicted octanol–water partition coefficient (Wildman–Crippen LogP) is -4.62. The van der Waals surface area contributed by atoms with Crippen LogP contribution in [0.2, 0.25) is 0 Å². The first-order valence-corrected chi connectivity index (χ1v) is 0. The van der Waals surface area contributed by atoms with E-state index in [9.17, 15) is 0 Å². The van der Waals surface area contributed by atoms with Gasteiger partial charge < -0.3 is 64.1 Å². The molecule has 9 nitrogen and oxygen atoms in total. The first-order valence-electron chi connectivity index (χ1n) is 0. The molecular formula is C5H36O9Zr3-2. The van der Waals surface area contributed by atoms with Crippen molar-refractivity contribution in [3.05, 3.63) is 14.9 Å². The van der Waals surface area contributed by atoms with Crippen LogP contribution in [0, 0.1) is 14.9 Å². The maximum Gasteiger partial charge on any atom is 0 e. The summed E-state index contributed by atoms with van der Waals surface area (Å²) in [5.74, 6) is 0. The maximum absolute atomic E-state index is 0. The van der Waals surface area contributed by atoms with Crippen LogP contribution in [0.15, 0.2) is 0 Å². The van der Waals surface area contributed by atoms with Crippen molar-refractivity contribution in [2.24, 2.45) is 0 Å². The standard InChI is InChI=1S/3CH4.2CH3.9H2O.3Zr/h3*1H4;2*1H3;9*1H2;;;/q;;;2*-1;;;;;;;;;;;;. The van der Waals surface area contributed by atoms with Crippen LogP contribution < -0.4 is 0 Å². The molecule has 18 N–H and O–H groups in total. The van der Waals surface area contributed by atoms with Crippen molar-refractivity contribution in [2.45, 2.75) is 22.3 Å². The zero-order valence-electron chi connectivity index (χ0n) is 8.00. The van der Waals surface area contributed by atoms with Crippen molar-refractivity contribution in [1.29, 1.82) is 0 Å². The normalized spacial score (nSPS) is 0. The van der Waals surface area contributed by atoms with E-state index in [1.54, 1.807) is 0 Å². The van der Waals surface area contributed by atoms with Gasteiger partial charge in [-0.2, -0.15) is 0 Å². The van der Waals surface area contributed by atoms with Gasteiger partial charge in [-0.25, -0.2) is 0 Å². The van der Waals surface area contributed by atoms with E-state index < -0.39 is 0 Å². The zero-order chi connectivity index (χ0) is 0. The molecule has 124 valence electrons. The maximum atomic E-state index is 0. The summed E-state index contributed by atoms with van der Waals surface area (Å²) in [4.78, 5) is 0. The first-order chi connectivity index (χ1) is 0. The average molecular weight is 514 g/mol. The number of rotatable bonds is 0. The third-order valence-electron chi connectivity index (χ3n) is 0. The van der Waals surface area contributed by atoms with Crippen LogP contribution in [0.1, 0.15) is 22.3 Å². The van der Waals surface area contributed by atoms with E-state index in [-0.39, 0.29) is 165 Å². The second-order valence-corrected chi connectivity index (χ2v) is 0. The zero-order valence-corrected chi connectivity index (χ0v) is 15.4. The van der Waals surface area contributed by atoms with Crippen molar-refractivity contribution in [3.8, 4) is 0 Å². The Hall–Kier alpha value is 2.29. The Labute approximate surface area is 163 Å². The van der Waals surface area contributed by atoms with E-state index >= 15 is 0 Å². The Morgan fingerprint density at radius 2 is 0.235 bits per heavy atom. The SMILES string of the molecule is C.C.C.O.O.O.O.O.O.O.O.O.[CH3-].[CH3-].[Zr].[Zr].[Zr]. The molecule has 0 bridgehead atoms. The Kier molecular flexibility index (Phi) is 75500. The van der Waals surface area contributed by atoms with Gasteiger partial charge in [-0.3, -0.25) is 0 Å². The molecule has 0 aromatic rings. The minimum atomic E-state index is 0. The molecule has 0 unspecified atom stereocenters. The molecule has 0 aliphatic carbocycles. The quantitative estimate of drug-likeness (QED) is 0.276. The molecule has 0 amide bonds. The fourth-order valence-corrected chi connectivity index (χ4v) is 0. The van der Waals surface area contributed by atoms with Crippen LogP contribution >= 0.6 is 0 Å². The number of hydrogen-bond donors (Lipinski definition) is 0. The van der Waals surface area contributed by atoms with E-state index in [0.717, 1.165) is 0 Å². The molecule has 0 aromatic heterocycles. The molecule has 0 rings (SSSR count). The molecular weight excluding hydrogens is 478 g/mol. The Morgan fingerprint density at radius 1 is 0.235 bits per heavy atom. The van der Waals surface area contributed by atoms with E-state index in [1.807, 2.05) is 0 Å². The molecule has 0 fully saturated rings. The molecule has 0 aliphatic rings. The summed E-state index contributed by atoms with van der Waals surface area (Å²) in [5, 5.41) is 0. The van der Waals surface area contributed by atoms with Crippen LogP contribution in [-0.2, 0) is 78.6 Å². The molecule has 0 saturated carbocycles. The van der Waals surface area contributed by atoms with Crippen LogP contribution in [0.5, 0.6) is 0 Å². The molecule has 17 heavy (non-hydrogen) atoms. The predicted molar refractivity (Wildman–Crippen MR) is 65.5 cm³/mol. The Balaban J connectivity index is 0. The van der Waals surface area contributed by atoms with Crippen LogP contribution in [-0.4, -0.2) is 49.3 Å². The van der Waals surface area contributed by atoms with Gasteiger partial charge in [0.25, 0.3) is 0 Å². The molecule has 0 radical (unpaired) electrons.